The number of nitrogens with zero attached hydrogens (tertiary/aromatic N) is 3. The molecule has 1 aromatic rings. The zero-order valence-electron chi connectivity index (χ0n) is 12.5. The highest BCUT2D eigenvalue weighted by molar-refractivity contribution is 8.05. The molecule has 0 aromatic carbocycles. The van der Waals surface area contributed by atoms with Crippen molar-refractivity contribution in [2.75, 3.05) is 11.5 Å². The zero-order valence-corrected chi connectivity index (χ0v) is 14.2. The van der Waals surface area contributed by atoms with E-state index in [1.54, 1.807) is 16.4 Å². The van der Waals surface area contributed by atoms with Crippen molar-refractivity contribution in [1.82, 2.24) is 13.9 Å². The Hall–Kier alpha value is -0.820. The molecule has 118 valence electrons. The van der Waals surface area contributed by atoms with Crippen LogP contribution in [0.5, 0.6) is 0 Å². The largest absolute Gasteiger partial charge is 0.347 e. The smallest absolute Gasteiger partial charge is 0.246 e. The molecule has 5 aliphatic rings. The molecule has 1 aromatic heterocycles. The number of hydrogen-bond donors (Lipinski definition) is 0. The van der Waals surface area contributed by atoms with Gasteiger partial charge < -0.3 is 0 Å². The standard InChI is InChI=1S/C15H19N3O2S2/c1-16-12(19)17-10-4-5-11(18(17)13(16)20)15(7-3-9-22-15)14(10)6-2-8-21-14/h4-5,10-11H,2-3,6-9H2,1H3/t10-,11-,14-,15+/m0/s1. The van der Waals surface area contributed by atoms with Crippen molar-refractivity contribution in [3.8, 4) is 0 Å². The molecular weight excluding hydrogens is 318 g/mol. The van der Waals surface area contributed by atoms with E-state index in [1.165, 1.54) is 28.9 Å². The number of allylic oxidation sites excluding steroid dienone is 2. The summed E-state index contributed by atoms with van der Waals surface area (Å²) in [5, 5.41) is 0. The van der Waals surface area contributed by atoms with Gasteiger partial charge in [0.15, 0.2) is 0 Å². The molecule has 1 aliphatic carbocycles. The minimum atomic E-state index is -0.158. The maximum atomic E-state index is 12.6. The third-order valence-corrected chi connectivity index (χ3v) is 9.74. The predicted octanol–water partition coefficient (Wildman–Crippen LogP) is 1.55. The molecule has 2 saturated heterocycles. The van der Waals surface area contributed by atoms with Gasteiger partial charge >= 0.3 is 11.4 Å². The topological polar surface area (TPSA) is 48.9 Å². The maximum absolute atomic E-state index is 12.6. The lowest BCUT2D eigenvalue weighted by Gasteiger charge is -2.58. The number of thioether (sulfide) groups is 2. The van der Waals surface area contributed by atoms with Gasteiger partial charge in [-0.2, -0.15) is 23.5 Å². The van der Waals surface area contributed by atoms with Gasteiger partial charge in [-0.15, -0.1) is 0 Å². The fourth-order valence-electron chi connectivity index (χ4n) is 5.12. The van der Waals surface area contributed by atoms with Gasteiger partial charge in [0.1, 0.15) is 0 Å². The average Bonchev–Trinajstić information content (AvgIpc) is 3.23. The molecule has 0 radical (unpaired) electrons. The van der Waals surface area contributed by atoms with Crippen LogP contribution in [0.4, 0.5) is 0 Å². The Bertz CT molecular complexity index is 727. The van der Waals surface area contributed by atoms with Gasteiger partial charge in [-0.05, 0) is 37.2 Å². The first-order valence-electron chi connectivity index (χ1n) is 7.99. The Kier molecular flexibility index (Phi) is 2.58. The lowest BCUT2D eigenvalue weighted by Crippen LogP contribution is -2.65. The van der Waals surface area contributed by atoms with Crippen LogP contribution in [0.2, 0.25) is 0 Å². The minimum absolute atomic E-state index is 0.0250. The summed E-state index contributed by atoms with van der Waals surface area (Å²) in [5.74, 6) is 2.34. The number of aromatic nitrogens is 3. The summed E-state index contributed by atoms with van der Waals surface area (Å²) in [7, 11) is 1.60. The van der Waals surface area contributed by atoms with Crippen LogP contribution in [0.1, 0.15) is 37.8 Å². The summed E-state index contributed by atoms with van der Waals surface area (Å²) < 4.78 is 4.97. The number of rotatable bonds is 0. The Labute approximate surface area is 136 Å². The van der Waals surface area contributed by atoms with Crippen LogP contribution in [0.25, 0.3) is 0 Å². The van der Waals surface area contributed by atoms with Gasteiger partial charge in [-0.25, -0.2) is 23.5 Å². The highest BCUT2D eigenvalue weighted by Gasteiger charge is 2.67. The van der Waals surface area contributed by atoms with Crippen molar-refractivity contribution in [2.24, 2.45) is 7.05 Å². The van der Waals surface area contributed by atoms with E-state index in [4.69, 9.17) is 0 Å². The monoisotopic (exact) mass is 337 g/mol. The summed E-state index contributed by atoms with van der Waals surface area (Å²) in [6.07, 6.45) is 9.16. The lowest BCUT2D eigenvalue weighted by molar-refractivity contribution is 0.144. The van der Waals surface area contributed by atoms with E-state index in [0.717, 1.165) is 12.8 Å². The molecule has 7 heteroatoms. The van der Waals surface area contributed by atoms with Crippen molar-refractivity contribution in [3.05, 3.63) is 33.1 Å². The van der Waals surface area contributed by atoms with Crippen molar-refractivity contribution in [1.29, 1.82) is 0 Å². The molecule has 2 spiro atoms. The van der Waals surface area contributed by atoms with Gasteiger partial charge in [0.2, 0.25) is 0 Å². The lowest BCUT2D eigenvalue weighted by atomic mass is 9.70. The molecule has 0 amide bonds. The van der Waals surface area contributed by atoms with Crippen molar-refractivity contribution < 1.29 is 0 Å². The van der Waals surface area contributed by atoms with Crippen LogP contribution in [0, 0.1) is 0 Å². The van der Waals surface area contributed by atoms with E-state index in [2.05, 4.69) is 35.7 Å². The van der Waals surface area contributed by atoms with E-state index < -0.39 is 0 Å². The van der Waals surface area contributed by atoms with Gasteiger partial charge in [0, 0.05) is 7.05 Å². The van der Waals surface area contributed by atoms with Crippen molar-refractivity contribution in [2.45, 2.75) is 47.3 Å². The molecule has 6 rings (SSSR count). The van der Waals surface area contributed by atoms with Gasteiger partial charge in [0.05, 0.1) is 21.6 Å². The molecular formula is C15H19N3O2S2. The van der Waals surface area contributed by atoms with Gasteiger partial charge in [-0.3, -0.25) is 0 Å². The quantitative estimate of drug-likeness (QED) is 0.674. The fourth-order valence-corrected chi connectivity index (χ4v) is 8.99. The van der Waals surface area contributed by atoms with Crippen LogP contribution < -0.4 is 11.4 Å². The van der Waals surface area contributed by atoms with Crippen molar-refractivity contribution in [3.63, 3.8) is 0 Å². The van der Waals surface area contributed by atoms with E-state index >= 15 is 0 Å². The summed E-state index contributed by atoms with van der Waals surface area (Å²) >= 11 is 4.11. The predicted molar refractivity (Wildman–Crippen MR) is 90.0 cm³/mol. The minimum Gasteiger partial charge on any atom is -0.246 e. The van der Waals surface area contributed by atoms with E-state index in [9.17, 15) is 9.59 Å². The average molecular weight is 337 g/mol. The fraction of sp³-hybridized carbons (Fsp3) is 0.733. The van der Waals surface area contributed by atoms with Crippen molar-refractivity contribution >= 4 is 23.5 Å². The van der Waals surface area contributed by atoms with Gasteiger partial charge in [0.25, 0.3) is 0 Å². The van der Waals surface area contributed by atoms with E-state index in [0.29, 0.717) is 0 Å². The molecule has 0 N–H and O–H groups in total. The third-order valence-electron chi connectivity index (χ3n) is 5.98. The summed E-state index contributed by atoms with van der Waals surface area (Å²) in [4.78, 5) is 25.2. The second-order valence-electron chi connectivity index (χ2n) is 6.77. The van der Waals surface area contributed by atoms with Crippen LogP contribution in [0.3, 0.4) is 0 Å². The second-order valence-corrected chi connectivity index (χ2v) is 9.62. The Morgan fingerprint density at radius 3 is 1.77 bits per heavy atom. The van der Waals surface area contributed by atoms with Crippen LogP contribution in [0.15, 0.2) is 21.7 Å². The highest BCUT2D eigenvalue weighted by atomic mass is 32.2. The van der Waals surface area contributed by atoms with Crippen LogP contribution in [-0.2, 0) is 7.05 Å². The molecule has 2 bridgehead atoms. The zero-order chi connectivity index (χ0) is 15.1. The second kappa shape index (κ2) is 4.17. The Morgan fingerprint density at radius 1 is 0.955 bits per heavy atom. The maximum Gasteiger partial charge on any atom is 0.347 e. The van der Waals surface area contributed by atoms with Gasteiger partial charge in [-0.1, -0.05) is 12.2 Å². The molecule has 5 nitrogen and oxygen atoms in total. The Morgan fingerprint density at radius 2 is 1.41 bits per heavy atom. The molecule has 0 saturated carbocycles. The molecule has 5 heterocycles. The summed E-state index contributed by atoms with van der Waals surface area (Å²) in [6, 6.07) is 0.0500. The summed E-state index contributed by atoms with van der Waals surface area (Å²) in [6.45, 7) is 0. The Balaban J connectivity index is 1.87. The number of hydrogen-bond acceptors (Lipinski definition) is 4. The SMILES string of the molecule is Cn1c(=O)n2n(c1=O)[C@H]1C=C[C@H]2[C@@]2(CCCS2)[C@@]12CCCS2. The third kappa shape index (κ3) is 1.25. The summed E-state index contributed by atoms with van der Waals surface area (Å²) in [5.41, 5.74) is -0.317. The molecule has 2 fully saturated rings. The molecule has 4 atom stereocenters. The molecule has 22 heavy (non-hydrogen) atoms. The first-order chi connectivity index (χ1) is 10.6. The first kappa shape index (κ1) is 13.6. The first-order valence-corrected chi connectivity index (χ1v) is 9.96. The van der Waals surface area contributed by atoms with E-state index in [-0.39, 0.29) is 33.0 Å². The van der Waals surface area contributed by atoms with E-state index in [1.807, 2.05) is 0 Å². The molecule has 0 unspecified atom stereocenters. The molecule has 4 aliphatic heterocycles. The highest BCUT2D eigenvalue weighted by Crippen LogP contribution is 2.68. The normalized spacial score (nSPS) is 41.9. The van der Waals surface area contributed by atoms with Crippen LogP contribution in [-0.4, -0.2) is 34.9 Å². The van der Waals surface area contributed by atoms with Crippen LogP contribution >= 0.6 is 23.5 Å².